The van der Waals surface area contributed by atoms with Crippen LogP contribution >= 0.6 is 0 Å². The largest absolute Gasteiger partial charge is 0.483 e. The van der Waals surface area contributed by atoms with Crippen LogP contribution in [0.3, 0.4) is 0 Å². The van der Waals surface area contributed by atoms with Gasteiger partial charge in [-0.05, 0) is 42.2 Å². The van der Waals surface area contributed by atoms with Crippen molar-refractivity contribution in [2.45, 2.75) is 39.7 Å². The summed E-state index contributed by atoms with van der Waals surface area (Å²) in [5.74, 6) is 0.0360. The third-order valence-corrected chi connectivity index (χ3v) is 4.99. The number of hydrogen-bond donors (Lipinski definition) is 2. The molecule has 2 heterocycles. The van der Waals surface area contributed by atoms with Gasteiger partial charge in [0.25, 0.3) is 5.91 Å². The number of aryl methyl sites for hydroxylation is 1. The molecule has 0 spiro atoms. The predicted octanol–water partition coefficient (Wildman–Crippen LogP) is 2.29. The summed E-state index contributed by atoms with van der Waals surface area (Å²) in [6.07, 6.45) is 1.64. The molecule has 1 aliphatic rings. The van der Waals surface area contributed by atoms with Crippen molar-refractivity contribution >= 4 is 17.7 Å². The van der Waals surface area contributed by atoms with E-state index < -0.39 is 17.7 Å². The lowest BCUT2D eigenvalue weighted by Crippen LogP contribution is -2.46. The molecule has 0 radical (unpaired) electrons. The highest BCUT2D eigenvalue weighted by atomic mass is 16.5. The summed E-state index contributed by atoms with van der Waals surface area (Å²) in [7, 11) is 0. The molecular formula is C22H27N3O5. The first-order chi connectivity index (χ1) is 14.3. The number of nitrogens with zero attached hydrogens (tertiary/aromatic N) is 1. The molecule has 0 aliphatic carbocycles. The molecule has 1 aliphatic heterocycles. The first kappa shape index (κ1) is 21.4. The summed E-state index contributed by atoms with van der Waals surface area (Å²) in [4.78, 5) is 38.1. The van der Waals surface area contributed by atoms with E-state index in [9.17, 15) is 14.4 Å². The normalized spacial score (nSPS) is 16.1. The van der Waals surface area contributed by atoms with E-state index in [0.717, 1.165) is 11.1 Å². The first-order valence-corrected chi connectivity index (χ1v) is 9.95. The molecular weight excluding hydrogens is 386 g/mol. The Bertz CT molecular complexity index is 908. The van der Waals surface area contributed by atoms with Gasteiger partial charge in [-0.25, -0.2) is 0 Å². The van der Waals surface area contributed by atoms with E-state index in [0.29, 0.717) is 18.1 Å². The second kappa shape index (κ2) is 9.47. The van der Waals surface area contributed by atoms with Gasteiger partial charge < -0.3 is 14.1 Å². The number of carbonyl (C=O) groups is 3. The van der Waals surface area contributed by atoms with Crippen molar-refractivity contribution in [1.29, 1.82) is 0 Å². The summed E-state index contributed by atoms with van der Waals surface area (Å²) in [5, 5.41) is 0. The number of amides is 3. The van der Waals surface area contributed by atoms with E-state index in [2.05, 4.69) is 24.7 Å². The fourth-order valence-electron chi connectivity index (χ4n) is 3.35. The molecule has 2 N–H and O–H groups in total. The topological polar surface area (TPSA) is 101 Å². The van der Waals surface area contributed by atoms with Crippen LogP contribution in [0, 0.1) is 12.8 Å². The van der Waals surface area contributed by atoms with Gasteiger partial charge in [-0.1, -0.05) is 26.0 Å². The number of hydrazine groups is 1. The number of rotatable bonds is 7. The van der Waals surface area contributed by atoms with E-state index in [1.807, 2.05) is 25.1 Å². The third kappa shape index (κ3) is 5.40. The van der Waals surface area contributed by atoms with Crippen molar-refractivity contribution in [1.82, 2.24) is 15.8 Å². The molecule has 0 bridgehead atoms. The molecule has 1 fully saturated rings. The molecule has 1 aromatic heterocycles. The summed E-state index contributed by atoms with van der Waals surface area (Å²) in [5.41, 5.74) is 6.79. The Morgan fingerprint density at radius 1 is 1.27 bits per heavy atom. The van der Waals surface area contributed by atoms with Gasteiger partial charge in [-0.3, -0.25) is 25.2 Å². The van der Waals surface area contributed by atoms with Crippen LogP contribution < -0.4 is 15.6 Å². The summed E-state index contributed by atoms with van der Waals surface area (Å²) < 4.78 is 10.9. The molecule has 1 unspecified atom stereocenters. The van der Waals surface area contributed by atoms with E-state index in [1.165, 1.54) is 0 Å². The molecule has 1 atom stereocenters. The Labute approximate surface area is 175 Å². The van der Waals surface area contributed by atoms with Crippen LogP contribution in [-0.4, -0.2) is 35.8 Å². The van der Waals surface area contributed by atoms with Crippen molar-refractivity contribution in [2.75, 3.05) is 13.2 Å². The van der Waals surface area contributed by atoms with Gasteiger partial charge in [0, 0.05) is 13.0 Å². The number of furan rings is 1. The van der Waals surface area contributed by atoms with Crippen molar-refractivity contribution in [3.8, 4) is 5.75 Å². The second-order valence-corrected chi connectivity index (χ2v) is 7.78. The number of nitrogens with one attached hydrogen (secondary N) is 2. The van der Waals surface area contributed by atoms with Gasteiger partial charge in [0.2, 0.25) is 11.8 Å². The summed E-state index contributed by atoms with van der Waals surface area (Å²) >= 11 is 0. The Morgan fingerprint density at radius 3 is 2.77 bits per heavy atom. The van der Waals surface area contributed by atoms with Crippen LogP contribution in [0.1, 0.15) is 43.1 Å². The number of ether oxygens (including phenoxy) is 1. The molecule has 8 heteroatoms. The minimum absolute atomic E-state index is 0.0972. The fourth-order valence-corrected chi connectivity index (χ4v) is 3.35. The number of benzene rings is 1. The van der Waals surface area contributed by atoms with E-state index in [4.69, 9.17) is 9.15 Å². The van der Waals surface area contributed by atoms with Crippen LogP contribution in [0.15, 0.2) is 41.0 Å². The van der Waals surface area contributed by atoms with Crippen molar-refractivity contribution < 1.29 is 23.5 Å². The lowest BCUT2D eigenvalue weighted by molar-refractivity contribution is -0.132. The summed E-state index contributed by atoms with van der Waals surface area (Å²) in [6, 6.07) is 9.40. The zero-order valence-electron chi connectivity index (χ0n) is 17.4. The predicted molar refractivity (Wildman–Crippen MR) is 109 cm³/mol. The van der Waals surface area contributed by atoms with E-state index in [1.54, 1.807) is 23.3 Å². The number of carbonyl (C=O) groups excluding carboxylic acids is 3. The van der Waals surface area contributed by atoms with E-state index >= 15 is 0 Å². The zero-order chi connectivity index (χ0) is 21.7. The maximum absolute atomic E-state index is 12.3. The average molecular weight is 413 g/mol. The molecule has 2 aromatic rings. The fraction of sp³-hybridized carbons (Fsp3) is 0.409. The van der Waals surface area contributed by atoms with Crippen molar-refractivity contribution in [3.63, 3.8) is 0 Å². The molecule has 0 saturated carbocycles. The lowest BCUT2D eigenvalue weighted by Gasteiger charge is -2.16. The Balaban J connectivity index is 1.45. The molecule has 1 aromatic carbocycles. The molecule has 30 heavy (non-hydrogen) atoms. The van der Waals surface area contributed by atoms with Gasteiger partial charge in [0.15, 0.2) is 6.61 Å². The van der Waals surface area contributed by atoms with Crippen molar-refractivity contribution in [3.05, 3.63) is 53.5 Å². The molecule has 3 amide bonds. The first-order valence-electron chi connectivity index (χ1n) is 9.95. The van der Waals surface area contributed by atoms with Gasteiger partial charge in [-0.15, -0.1) is 0 Å². The minimum Gasteiger partial charge on any atom is -0.483 e. The Morgan fingerprint density at radius 2 is 2.07 bits per heavy atom. The number of likely N-dealkylation sites (tertiary alicyclic amines) is 1. The molecule has 8 nitrogen and oxygen atoms in total. The van der Waals surface area contributed by atoms with Crippen LogP contribution in [0.2, 0.25) is 0 Å². The van der Waals surface area contributed by atoms with Crippen LogP contribution in [0.25, 0.3) is 0 Å². The van der Waals surface area contributed by atoms with Gasteiger partial charge in [-0.2, -0.15) is 0 Å². The quantitative estimate of drug-likeness (QED) is 0.679. The van der Waals surface area contributed by atoms with Crippen LogP contribution in [0.5, 0.6) is 5.75 Å². The molecule has 1 saturated heterocycles. The van der Waals surface area contributed by atoms with Gasteiger partial charge in [0.05, 0.1) is 18.7 Å². The van der Waals surface area contributed by atoms with Crippen molar-refractivity contribution in [2.24, 2.45) is 5.92 Å². The molecule has 3 rings (SSSR count). The smallest absolute Gasteiger partial charge is 0.276 e. The maximum Gasteiger partial charge on any atom is 0.276 e. The Hall–Kier alpha value is -3.29. The Kier molecular flexibility index (Phi) is 6.76. The van der Waals surface area contributed by atoms with Crippen LogP contribution in [0.4, 0.5) is 0 Å². The standard InChI is InChI=1S/C22H27N3O5/c1-14(2)18-7-6-15(3)9-19(18)30-13-20(26)23-24-22(28)16-10-21(27)25(11-16)12-17-5-4-8-29-17/h4-9,14,16H,10-13H2,1-3H3,(H,23,26)(H,24,28). The zero-order valence-corrected chi connectivity index (χ0v) is 17.4. The van der Waals surface area contributed by atoms with Gasteiger partial charge in [0.1, 0.15) is 11.5 Å². The highest BCUT2D eigenvalue weighted by Gasteiger charge is 2.34. The van der Waals surface area contributed by atoms with Gasteiger partial charge >= 0.3 is 0 Å². The average Bonchev–Trinajstić information content (AvgIpc) is 3.34. The monoisotopic (exact) mass is 413 g/mol. The highest BCUT2D eigenvalue weighted by Crippen LogP contribution is 2.27. The maximum atomic E-state index is 12.3. The van der Waals surface area contributed by atoms with E-state index in [-0.39, 0.29) is 31.4 Å². The highest BCUT2D eigenvalue weighted by molar-refractivity contribution is 5.90. The second-order valence-electron chi connectivity index (χ2n) is 7.78. The summed E-state index contributed by atoms with van der Waals surface area (Å²) in [6.45, 7) is 6.43. The minimum atomic E-state index is -0.530. The number of hydrogen-bond acceptors (Lipinski definition) is 5. The molecule has 160 valence electrons. The third-order valence-electron chi connectivity index (χ3n) is 4.99. The SMILES string of the molecule is Cc1ccc(C(C)C)c(OCC(=O)NNC(=O)C2CC(=O)N(Cc3ccco3)C2)c1. The lowest BCUT2D eigenvalue weighted by atomic mass is 10.0. The van der Waals surface area contributed by atoms with Crippen LogP contribution in [-0.2, 0) is 20.9 Å².